The second-order valence-corrected chi connectivity index (χ2v) is 5.95. The van der Waals surface area contributed by atoms with Crippen LogP contribution < -0.4 is 5.32 Å². The summed E-state index contributed by atoms with van der Waals surface area (Å²) in [7, 11) is 2.07. The van der Waals surface area contributed by atoms with E-state index in [0.717, 1.165) is 24.9 Å². The third kappa shape index (κ3) is 5.07. The van der Waals surface area contributed by atoms with E-state index in [-0.39, 0.29) is 5.91 Å². The van der Waals surface area contributed by atoms with Gasteiger partial charge in [-0.15, -0.1) is 0 Å². The van der Waals surface area contributed by atoms with Crippen molar-refractivity contribution in [2.24, 2.45) is 11.8 Å². The summed E-state index contributed by atoms with van der Waals surface area (Å²) in [5.41, 5.74) is 0. The fraction of sp³-hybridized carbons (Fsp3) is 0.929. The first kappa shape index (κ1) is 12.9. The lowest BCUT2D eigenvalue weighted by atomic mass is 9.89. The lowest BCUT2D eigenvalue weighted by Crippen LogP contribution is -2.38. The van der Waals surface area contributed by atoms with E-state index in [1.807, 2.05) is 0 Å². The fourth-order valence-electron chi connectivity index (χ4n) is 2.76. The Kier molecular flexibility index (Phi) is 4.84. The van der Waals surface area contributed by atoms with Crippen molar-refractivity contribution in [2.75, 3.05) is 26.7 Å². The molecule has 0 heterocycles. The number of hydrogen-bond acceptors (Lipinski definition) is 2. The van der Waals surface area contributed by atoms with Gasteiger partial charge in [-0.05, 0) is 44.6 Å². The molecule has 0 radical (unpaired) electrons. The van der Waals surface area contributed by atoms with Gasteiger partial charge in [-0.2, -0.15) is 0 Å². The molecule has 0 aromatic carbocycles. The normalized spacial score (nSPS) is 21.8. The van der Waals surface area contributed by atoms with Crippen LogP contribution in [0.2, 0.25) is 0 Å². The van der Waals surface area contributed by atoms with Gasteiger partial charge in [-0.25, -0.2) is 0 Å². The lowest BCUT2D eigenvalue weighted by Gasteiger charge is -2.26. The van der Waals surface area contributed by atoms with Crippen LogP contribution in [-0.2, 0) is 4.79 Å². The van der Waals surface area contributed by atoms with E-state index in [1.54, 1.807) is 0 Å². The van der Waals surface area contributed by atoms with Crippen LogP contribution in [0, 0.1) is 11.8 Å². The van der Waals surface area contributed by atoms with Crippen molar-refractivity contribution in [1.29, 1.82) is 0 Å². The average molecular weight is 238 g/mol. The van der Waals surface area contributed by atoms with Crippen molar-refractivity contribution >= 4 is 5.91 Å². The summed E-state index contributed by atoms with van der Waals surface area (Å²) in [5, 5.41) is 3.03. The number of carbonyl (C=O) groups is 1. The Bertz CT molecular complexity index is 245. The maximum absolute atomic E-state index is 11.7. The predicted octanol–water partition coefficient (Wildman–Crippen LogP) is 2.02. The molecule has 0 saturated heterocycles. The molecule has 1 amide bonds. The minimum Gasteiger partial charge on any atom is -0.355 e. The van der Waals surface area contributed by atoms with Gasteiger partial charge in [0.2, 0.25) is 5.91 Å². The van der Waals surface area contributed by atoms with Crippen LogP contribution in [-0.4, -0.2) is 37.5 Å². The lowest BCUT2D eigenvalue weighted by molar-refractivity contribution is -0.122. The van der Waals surface area contributed by atoms with Crippen molar-refractivity contribution in [2.45, 2.75) is 44.9 Å². The zero-order valence-corrected chi connectivity index (χ0v) is 11.1. The Morgan fingerprint density at radius 1 is 1.12 bits per heavy atom. The highest BCUT2D eigenvalue weighted by Crippen LogP contribution is 2.27. The van der Waals surface area contributed by atoms with Gasteiger partial charge in [-0.3, -0.25) is 9.69 Å². The summed E-state index contributed by atoms with van der Waals surface area (Å²) in [6.07, 6.45) is 9.49. The average Bonchev–Trinajstić information content (AvgIpc) is 3.11. The Labute approximate surface area is 105 Å². The topological polar surface area (TPSA) is 32.3 Å². The summed E-state index contributed by atoms with van der Waals surface area (Å²) in [6.45, 7) is 2.57. The number of nitrogens with one attached hydrogen (secondary N) is 1. The van der Waals surface area contributed by atoms with Gasteiger partial charge >= 0.3 is 0 Å². The number of likely N-dealkylation sites (N-methyl/N-ethyl adjacent to an activating group) is 1. The zero-order valence-electron chi connectivity index (χ0n) is 11.1. The van der Waals surface area contributed by atoms with Gasteiger partial charge in [0.25, 0.3) is 0 Å². The highest BCUT2D eigenvalue weighted by Gasteiger charge is 2.22. The molecule has 0 unspecified atom stereocenters. The molecule has 0 aromatic heterocycles. The summed E-state index contributed by atoms with van der Waals surface area (Å²) in [6, 6.07) is 0. The summed E-state index contributed by atoms with van der Waals surface area (Å²) in [4.78, 5) is 13.9. The van der Waals surface area contributed by atoms with Crippen LogP contribution in [0.3, 0.4) is 0 Å². The number of rotatable bonds is 6. The molecular formula is C14H26N2O. The first-order chi connectivity index (χ1) is 8.24. The molecule has 2 fully saturated rings. The smallest absolute Gasteiger partial charge is 0.234 e. The SMILES string of the molecule is CN(CC(=O)NCC1CC1)CC1CCCCC1. The minimum absolute atomic E-state index is 0.204. The molecule has 3 heteroatoms. The zero-order chi connectivity index (χ0) is 12.1. The standard InChI is InChI=1S/C14H26N2O/c1-16(10-13-5-3-2-4-6-13)11-14(17)15-9-12-7-8-12/h12-13H,2-11H2,1H3,(H,15,17). The molecule has 2 aliphatic rings. The molecule has 2 saturated carbocycles. The van der Waals surface area contributed by atoms with E-state index in [4.69, 9.17) is 0 Å². The largest absolute Gasteiger partial charge is 0.355 e. The number of hydrogen-bond donors (Lipinski definition) is 1. The van der Waals surface area contributed by atoms with Crippen molar-refractivity contribution in [3.63, 3.8) is 0 Å². The molecule has 0 spiro atoms. The van der Waals surface area contributed by atoms with Gasteiger partial charge in [0.05, 0.1) is 6.54 Å². The van der Waals surface area contributed by atoms with Crippen LogP contribution in [0.25, 0.3) is 0 Å². The molecule has 98 valence electrons. The highest BCUT2D eigenvalue weighted by atomic mass is 16.2. The highest BCUT2D eigenvalue weighted by molar-refractivity contribution is 5.77. The van der Waals surface area contributed by atoms with Gasteiger partial charge in [-0.1, -0.05) is 19.3 Å². The quantitative estimate of drug-likeness (QED) is 0.768. The Balaban J connectivity index is 1.57. The third-order valence-electron chi connectivity index (χ3n) is 3.99. The van der Waals surface area contributed by atoms with E-state index in [1.165, 1.54) is 44.9 Å². The molecule has 2 rings (SSSR count). The number of nitrogens with zero attached hydrogens (tertiary/aromatic N) is 1. The second-order valence-electron chi connectivity index (χ2n) is 5.95. The molecule has 17 heavy (non-hydrogen) atoms. The molecule has 0 aliphatic heterocycles. The van der Waals surface area contributed by atoms with Crippen LogP contribution in [0.5, 0.6) is 0 Å². The van der Waals surface area contributed by atoms with E-state index in [2.05, 4.69) is 17.3 Å². The van der Waals surface area contributed by atoms with Crippen LogP contribution in [0.15, 0.2) is 0 Å². The van der Waals surface area contributed by atoms with Crippen molar-refractivity contribution < 1.29 is 4.79 Å². The van der Waals surface area contributed by atoms with E-state index in [0.29, 0.717) is 6.54 Å². The number of amides is 1. The maximum atomic E-state index is 11.7. The fourth-order valence-corrected chi connectivity index (χ4v) is 2.76. The van der Waals surface area contributed by atoms with Gasteiger partial charge in [0.15, 0.2) is 0 Å². The first-order valence-corrected chi connectivity index (χ1v) is 7.19. The molecule has 0 bridgehead atoms. The molecular weight excluding hydrogens is 212 g/mol. The third-order valence-corrected chi connectivity index (χ3v) is 3.99. The minimum atomic E-state index is 0.204. The molecule has 0 atom stereocenters. The monoisotopic (exact) mass is 238 g/mol. The van der Waals surface area contributed by atoms with Crippen molar-refractivity contribution in [3.8, 4) is 0 Å². The molecule has 0 aromatic rings. The van der Waals surface area contributed by atoms with Gasteiger partial charge in [0, 0.05) is 13.1 Å². The van der Waals surface area contributed by atoms with E-state index >= 15 is 0 Å². The summed E-state index contributed by atoms with van der Waals surface area (Å²) < 4.78 is 0. The van der Waals surface area contributed by atoms with E-state index in [9.17, 15) is 4.79 Å². The van der Waals surface area contributed by atoms with Gasteiger partial charge < -0.3 is 5.32 Å². The first-order valence-electron chi connectivity index (χ1n) is 7.19. The van der Waals surface area contributed by atoms with Crippen LogP contribution in [0.4, 0.5) is 0 Å². The maximum Gasteiger partial charge on any atom is 0.234 e. The predicted molar refractivity (Wildman–Crippen MR) is 69.8 cm³/mol. The molecule has 2 aliphatic carbocycles. The van der Waals surface area contributed by atoms with Crippen LogP contribution >= 0.6 is 0 Å². The van der Waals surface area contributed by atoms with Gasteiger partial charge in [0.1, 0.15) is 0 Å². The van der Waals surface area contributed by atoms with Crippen molar-refractivity contribution in [3.05, 3.63) is 0 Å². The second kappa shape index (κ2) is 6.39. The number of carbonyl (C=O) groups excluding carboxylic acids is 1. The summed E-state index contributed by atoms with van der Waals surface area (Å²) >= 11 is 0. The Morgan fingerprint density at radius 2 is 1.82 bits per heavy atom. The molecule has 1 N–H and O–H groups in total. The van der Waals surface area contributed by atoms with E-state index < -0.39 is 0 Å². The van der Waals surface area contributed by atoms with Crippen LogP contribution in [0.1, 0.15) is 44.9 Å². The summed E-state index contributed by atoms with van der Waals surface area (Å²) in [5.74, 6) is 1.81. The Morgan fingerprint density at radius 3 is 2.47 bits per heavy atom. The molecule has 3 nitrogen and oxygen atoms in total. The Hall–Kier alpha value is -0.570. The van der Waals surface area contributed by atoms with Crippen molar-refractivity contribution in [1.82, 2.24) is 10.2 Å².